The molecule has 1 rings (SSSR count). The summed E-state index contributed by atoms with van der Waals surface area (Å²) < 4.78 is 10.4. The Balaban J connectivity index is 2.82. The van der Waals surface area contributed by atoms with E-state index >= 15 is 0 Å². The van der Waals surface area contributed by atoms with Gasteiger partial charge in [0.1, 0.15) is 17.1 Å². The fourth-order valence-corrected chi connectivity index (χ4v) is 1.60. The molecule has 0 aliphatic carbocycles. The molecule has 21 heavy (non-hydrogen) atoms. The van der Waals surface area contributed by atoms with Gasteiger partial charge in [0.2, 0.25) is 0 Å². The lowest BCUT2D eigenvalue weighted by Crippen LogP contribution is -2.38. The van der Waals surface area contributed by atoms with Crippen molar-refractivity contribution in [2.45, 2.75) is 26.9 Å². The SMILES string of the molecule is COc1ccc(OC(C)C(=O)NCC(C)C)c(C(=O)O)c1. The van der Waals surface area contributed by atoms with Crippen molar-refractivity contribution in [3.63, 3.8) is 0 Å². The van der Waals surface area contributed by atoms with Gasteiger partial charge in [-0.2, -0.15) is 0 Å². The molecule has 0 saturated carbocycles. The molecular weight excluding hydrogens is 274 g/mol. The molecule has 0 aliphatic heterocycles. The number of rotatable bonds is 7. The molecule has 0 spiro atoms. The normalized spacial score (nSPS) is 11.9. The highest BCUT2D eigenvalue weighted by Crippen LogP contribution is 2.25. The predicted octanol–water partition coefficient (Wildman–Crippen LogP) is 1.93. The Bertz CT molecular complexity index is 513. The molecule has 0 bridgehead atoms. The van der Waals surface area contributed by atoms with Gasteiger partial charge in [-0.1, -0.05) is 13.8 Å². The van der Waals surface area contributed by atoms with E-state index in [1.165, 1.54) is 19.2 Å². The van der Waals surface area contributed by atoms with Crippen molar-refractivity contribution in [1.82, 2.24) is 5.32 Å². The van der Waals surface area contributed by atoms with E-state index in [-0.39, 0.29) is 17.2 Å². The molecule has 0 saturated heterocycles. The summed E-state index contributed by atoms with van der Waals surface area (Å²) in [4.78, 5) is 23.1. The Morgan fingerprint density at radius 1 is 1.29 bits per heavy atom. The van der Waals surface area contributed by atoms with Crippen LogP contribution in [0.1, 0.15) is 31.1 Å². The number of aromatic carboxylic acids is 1. The Labute approximate surface area is 124 Å². The van der Waals surface area contributed by atoms with Crippen LogP contribution in [0.3, 0.4) is 0 Å². The average Bonchev–Trinajstić information content (AvgIpc) is 2.44. The van der Waals surface area contributed by atoms with Crippen LogP contribution in [0.15, 0.2) is 18.2 Å². The van der Waals surface area contributed by atoms with Crippen molar-refractivity contribution in [2.75, 3.05) is 13.7 Å². The van der Waals surface area contributed by atoms with Crippen molar-refractivity contribution < 1.29 is 24.2 Å². The maximum Gasteiger partial charge on any atom is 0.339 e. The number of benzene rings is 1. The highest BCUT2D eigenvalue weighted by atomic mass is 16.5. The lowest BCUT2D eigenvalue weighted by atomic mass is 10.2. The highest BCUT2D eigenvalue weighted by molar-refractivity contribution is 5.91. The zero-order chi connectivity index (χ0) is 16.0. The number of nitrogens with one attached hydrogen (secondary N) is 1. The maximum absolute atomic E-state index is 11.8. The molecule has 0 radical (unpaired) electrons. The summed E-state index contributed by atoms with van der Waals surface area (Å²) >= 11 is 0. The Morgan fingerprint density at radius 2 is 1.95 bits per heavy atom. The van der Waals surface area contributed by atoms with E-state index in [2.05, 4.69) is 5.32 Å². The average molecular weight is 295 g/mol. The summed E-state index contributed by atoms with van der Waals surface area (Å²) in [6.07, 6.45) is -0.782. The summed E-state index contributed by atoms with van der Waals surface area (Å²) in [6, 6.07) is 4.42. The van der Waals surface area contributed by atoms with Gasteiger partial charge < -0.3 is 19.9 Å². The van der Waals surface area contributed by atoms with Crippen LogP contribution in [0.2, 0.25) is 0 Å². The van der Waals surface area contributed by atoms with E-state index in [4.69, 9.17) is 9.47 Å². The second-order valence-electron chi connectivity index (χ2n) is 5.07. The third kappa shape index (κ3) is 4.98. The fourth-order valence-electron chi connectivity index (χ4n) is 1.60. The quantitative estimate of drug-likeness (QED) is 0.803. The molecule has 1 unspecified atom stereocenters. The topological polar surface area (TPSA) is 84.9 Å². The van der Waals surface area contributed by atoms with E-state index < -0.39 is 12.1 Å². The zero-order valence-corrected chi connectivity index (χ0v) is 12.7. The molecule has 116 valence electrons. The van der Waals surface area contributed by atoms with Gasteiger partial charge in [0.05, 0.1) is 7.11 Å². The molecule has 0 aromatic heterocycles. The third-order valence-corrected chi connectivity index (χ3v) is 2.77. The summed E-state index contributed by atoms with van der Waals surface area (Å²) in [5.41, 5.74) is -0.0436. The Morgan fingerprint density at radius 3 is 2.48 bits per heavy atom. The number of ether oxygens (including phenoxy) is 2. The van der Waals surface area contributed by atoms with Crippen LogP contribution in [0.25, 0.3) is 0 Å². The number of hydrogen-bond acceptors (Lipinski definition) is 4. The Hall–Kier alpha value is -2.24. The number of carbonyl (C=O) groups is 2. The second kappa shape index (κ2) is 7.52. The summed E-state index contributed by atoms with van der Waals surface area (Å²) in [7, 11) is 1.45. The van der Waals surface area contributed by atoms with Crippen molar-refractivity contribution in [3.05, 3.63) is 23.8 Å². The zero-order valence-electron chi connectivity index (χ0n) is 12.7. The molecule has 6 nitrogen and oxygen atoms in total. The van der Waals surface area contributed by atoms with Crippen LogP contribution < -0.4 is 14.8 Å². The molecule has 1 aromatic rings. The fraction of sp³-hybridized carbons (Fsp3) is 0.467. The number of methoxy groups -OCH3 is 1. The highest BCUT2D eigenvalue weighted by Gasteiger charge is 2.19. The van der Waals surface area contributed by atoms with E-state index in [0.717, 1.165) is 0 Å². The first kappa shape index (κ1) is 16.8. The molecular formula is C15H21NO5. The molecule has 0 heterocycles. The maximum atomic E-state index is 11.8. The van der Waals surface area contributed by atoms with Crippen LogP contribution in [0, 0.1) is 5.92 Å². The molecule has 1 amide bonds. The van der Waals surface area contributed by atoms with E-state index in [1.54, 1.807) is 13.0 Å². The lowest BCUT2D eigenvalue weighted by Gasteiger charge is -2.17. The molecule has 0 aliphatic rings. The smallest absolute Gasteiger partial charge is 0.339 e. The largest absolute Gasteiger partial charge is 0.497 e. The van der Waals surface area contributed by atoms with E-state index in [1.807, 2.05) is 13.8 Å². The molecule has 2 N–H and O–H groups in total. The van der Waals surface area contributed by atoms with Crippen LogP contribution in [-0.2, 0) is 4.79 Å². The molecule has 6 heteroatoms. The van der Waals surface area contributed by atoms with Gasteiger partial charge in [-0.05, 0) is 31.0 Å². The summed E-state index contributed by atoms with van der Waals surface area (Å²) in [6.45, 7) is 6.09. The predicted molar refractivity (Wildman–Crippen MR) is 77.9 cm³/mol. The number of carbonyl (C=O) groups excluding carboxylic acids is 1. The van der Waals surface area contributed by atoms with Crippen LogP contribution in [0.5, 0.6) is 11.5 Å². The third-order valence-electron chi connectivity index (χ3n) is 2.77. The number of hydrogen-bond donors (Lipinski definition) is 2. The van der Waals surface area contributed by atoms with Gasteiger partial charge in [0.25, 0.3) is 5.91 Å². The number of carboxylic acids is 1. The van der Waals surface area contributed by atoms with Gasteiger partial charge in [0.15, 0.2) is 6.10 Å². The van der Waals surface area contributed by atoms with Crippen molar-refractivity contribution in [1.29, 1.82) is 0 Å². The first-order valence-electron chi connectivity index (χ1n) is 6.70. The standard InChI is InChI=1S/C15H21NO5/c1-9(2)8-16-14(17)10(3)21-13-6-5-11(20-4)7-12(13)15(18)19/h5-7,9-10H,8H2,1-4H3,(H,16,17)(H,18,19). The number of amides is 1. The molecule has 1 atom stereocenters. The minimum atomic E-state index is -1.14. The van der Waals surface area contributed by atoms with Crippen LogP contribution in [-0.4, -0.2) is 36.7 Å². The summed E-state index contributed by atoms with van der Waals surface area (Å²) in [5, 5.41) is 11.9. The first-order chi connectivity index (χ1) is 9.85. The first-order valence-corrected chi connectivity index (χ1v) is 6.70. The van der Waals surface area contributed by atoms with Gasteiger partial charge in [-0.15, -0.1) is 0 Å². The van der Waals surface area contributed by atoms with Gasteiger partial charge in [0, 0.05) is 6.54 Å². The lowest BCUT2D eigenvalue weighted by molar-refractivity contribution is -0.127. The van der Waals surface area contributed by atoms with Crippen molar-refractivity contribution in [2.24, 2.45) is 5.92 Å². The van der Waals surface area contributed by atoms with Gasteiger partial charge in [-0.25, -0.2) is 4.79 Å². The molecule has 1 aromatic carbocycles. The summed E-state index contributed by atoms with van der Waals surface area (Å²) in [5.74, 6) is -0.543. The minimum absolute atomic E-state index is 0.0436. The van der Waals surface area contributed by atoms with Crippen molar-refractivity contribution in [3.8, 4) is 11.5 Å². The Kier molecular flexibility index (Phi) is 6.02. The van der Waals surface area contributed by atoms with E-state index in [9.17, 15) is 14.7 Å². The van der Waals surface area contributed by atoms with E-state index in [0.29, 0.717) is 18.2 Å². The minimum Gasteiger partial charge on any atom is -0.497 e. The monoisotopic (exact) mass is 295 g/mol. The van der Waals surface area contributed by atoms with Crippen molar-refractivity contribution >= 4 is 11.9 Å². The van der Waals surface area contributed by atoms with Gasteiger partial charge in [-0.3, -0.25) is 4.79 Å². The molecule has 0 fully saturated rings. The second-order valence-corrected chi connectivity index (χ2v) is 5.07. The van der Waals surface area contributed by atoms with Crippen LogP contribution in [0.4, 0.5) is 0 Å². The number of carboxylic acid groups (broad SMARTS) is 1. The van der Waals surface area contributed by atoms with Crippen LogP contribution >= 0.6 is 0 Å². The van der Waals surface area contributed by atoms with Gasteiger partial charge >= 0.3 is 5.97 Å².